The summed E-state index contributed by atoms with van der Waals surface area (Å²) >= 11 is 0. The fourth-order valence-corrected chi connectivity index (χ4v) is 3.33. The Morgan fingerprint density at radius 2 is 1.97 bits per heavy atom. The van der Waals surface area contributed by atoms with Crippen LogP contribution in [0.15, 0.2) is 67.1 Å². The van der Waals surface area contributed by atoms with Crippen LogP contribution in [0.4, 0.5) is 0 Å². The smallest absolute Gasteiger partial charge is 0.325 e. The van der Waals surface area contributed by atoms with Crippen LogP contribution < -0.4 is 4.74 Å². The van der Waals surface area contributed by atoms with E-state index >= 15 is 0 Å². The Morgan fingerprint density at radius 3 is 2.86 bits per heavy atom. The first-order valence-electron chi connectivity index (χ1n) is 9.15. The molecule has 0 aliphatic heterocycles. The monoisotopic (exact) mass is 383 g/mol. The second kappa shape index (κ2) is 6.87. The summed E-state index contributed by atoms with van der Waals surface area (Å²) in [5.74, 6) is 0.426. The molecule has 0 fully saturated rings. The molecule has 5 rings (SSSR count). The van der Waals surface area contributed by atoms with Crippen LogP contribution in [0.2, 0.25) is 0 Å². The van der Waals surface area contributed by atoms with Crippen LogP contribution in [0.1, 0.15) is 11.1 Å². The quantitative estimate of drug-likeness (QED) is 0.500. The number of hydrogen-bond donors (Lipinski definition) is 1. The van der Waals surface area contributed by atoms with E-state index in [9.17, 15) is 5.11 Å². The summed E-state index contributed by atoms with van der Waals surface area (Å²) in [4.78, 5) is 12.3. The highest BCUT2D eigenvalue weighted by atomic mass is 16.5. The Balaban J connectivity index is 1.44. The largest absolute Gasteiger partial charge is 0.493 e. The van der Waals surface area contributed by atoms with Gasteiger partial charge in [-0.05, 0) is 36.8 Å². The van der Waals surface area contributed by atoms with Crippen molar-refractivity contribution < 1.29 is 9.84 Å². The van der Waals surface area contributed by atoms with Crippen LogP contribution in [0.25, 0.3) is 21.8 Å². The van der Waals surface area contributed by atoms with Crippen LogP contribution >= 0.6 is 0 Å². The molecule has 7 heteroatoms. The molecule has 0 spiro atoms. The molecule has 29 heavy (non-hydrogen) atoms. The molecule has 0 saturated heterocycles. The Labute approximate surface area is 166 Å². The Bertz CT molecular complexity index is 1350. The number of aryl methyl sites for hydroxylation is 1. The minimum Gasteiger partial charge on any atom is -0.493 e. The molecule has 0 aliphatic rings. The van der Waals surface area contributed by atoms with Gasteiger partial charge in [0.15, 0.2) is 0 Å². The highest BCUT2D eigenvalue weighted by Crippen LogP contribution is 2.28. The lowest BCUT2D eigenvalue weighted by Crippen LogP contribution is -2.01. The van der Waals surface area contributed by atoms with Gasteiger partial charge in [0, 0.05) is 11.6 Å². The first kappa shape index (κ1) is 17.1. The second-order valence-electron chi connectivity index (χ2n) is 6.84. The van der Waals surface area contributed by atoms with Gasteiger partial charge in [-0.3, -0.25) is 9.67 Å². The van der Waals surface area contributed by atoms with E-state index < -0.39 is 0 Å². The van der Waals surface area contributed by atoms with Crippen LogP contribution in [0, 0.1) is 6.92 Å². The molecule has 0 unspecified atom stereocenters. The second-order valence-corrected chi connectivity index (χ2v) is 6.84. The number of nitrogens with zero attached hydrogens (tertiary/aromatic N) is 5. The zero-order chi connectivity index (χ0) is 19.8. The summed E-state index contributed by atoms with van der Waals surface area (Å²) < 4.78 is 7.73. The molecular weight excluding hydrogens is 366 g/mol. The van der Waals surface area contributed by atoms with Gasteiger partial charge in [-0.1, -0.05) is 29.8 Å². The third-order valence-corrected chi connectivity index (χ3v) is 4.70. The summed E-state index contributed by atoms with van der Waals surface area (Å²) in [5.41, 5.74) is 3.94. The topological polar surface area (TPSA) is 86.0 Å². The molecule has 1 N–H and O–H groups in total. The summed E-state index contributed by atoms with van der Waals surface area (Å²) in [6.07, 6.45) is 4.94. The number of aromatic hydroxyl groups is 1. The fourth-order valence-electron chi connectivity index (χ4n) is 3.33. The lowest BCUT2D eigenvalue weighted by Gasteiger charge is -2.07. The average Bonchev–Trinajstić information content (AvgIpc) is 3.10. The van der Waals surface area contributed by atoms with Crippen LogP contribution in [-0.2, 0) is 6.54 Å². The predicted octanol–water partition coefficient (Wildman–Crippen LogP) is 4.23. The first-order valence-corrected chi connectivity index (χ1v) is 9.15. The van der Waals surface area contributed by atoms with Gasteiger partial charge in [-0.15, -0.1) is 0 Å². The van der Waals surface area contributed by atoms with Crippen molar-refractivity contribution in [1.29, 1.82) is 0 Å². The van der Waals surface area contributed by atoms with E-state index in [1.807, 2.05) is 22.9 Å². The molecule has 0 radical (unpaired) electrons. The number of rotatable bonds is 4. The maximum atomic E-state index is 10.1. The highest BCUT2D eigenvalue weighted by Gasteiger charge is 2.10. The van der Waals surface area contributed by atoms with E-state index in [2.05, 4.69) is 51.2 Å². The van der Waals surface area contributed by atoms with Crippen molar-refractivity contribution in [3.63, 3.8) is 0 Å². The Hall–Kier alpha value is -4.00. The van der Waals surface area contributed by atoms with Crippen molar-refractivity contribution in [3.05, 3.63) is 78.2 Å². The number of fused-ring (bicyclic) bond motifs is 2. The Kier molecular flexibility index (Phi) is 4.05. The normalized spacial score (nSPS) is 11.2. The fraction of sp³-hybridized carbons (Fsp3) is 0.0909. The van der Waals surface area contributed by atoms with Crippen molar-refractivity contribution in [2.24, 2.45) is 0 Å². The zero-order valence-corrected chi connectivity index (χ0v) is 15.6. The van der Waals surface area contributed by atoms with E-state index in [0.29, 0.717) is 23.2 Å². The minimum atomic E-state index is -0.139. The van der Waals surface area contributed by atoms with Gasteiger partial charge in [0.1, 0.15) is 5.75 Å². The van der Waals surface area contributed by atoms with Crippen LogP contribution in [0.5, 0.6) is 17.6 Å². The van der Waals surface area contributed by atoms with Crippen molar-refractivity contribution in [2.45, 2.75) is 13.5 Å². The number of pyridine rings is 1. The summed E-state index contributed by atoms with van der Waals surface area (Å²) in [5, 5.41) is 16.1. The highest BCUT2D eigenvalue weighted by molar-refractivity contribution is 5.82. The lowest BCUT2D eigenvalue weighted by molar-refractivity contribution is 0.412. The van der Waals surface area contributed by atoms with Crippen LogP contribution in [0.3, 0.4) is 0 Å². The average molecular weight is 383 g/mol. The molecule has 5 aromatic rings. The Morgan fingerprint density at radius 1 is 1.03 bits per heavy atom. The molecule has 0 bridgehead atoms. The maximum Gasteiger partial charge on any atom is 0.325 e. The van der Waals surface area contributed by atoms with Gasteiger partial charge in [-0.25, -0.2) is 0 Å². The van der Waals surface area contributed by atoms with Crippen molar-refractivity contribution in [3.8, 4) is 17.6 Å². The maximum absolute atomic E-state index is 10.1. The van der Waals surface area contributed by atoms with Gasteiger partial charge in [0.05, 0.1) is 35.4 Å². The van der Waals surface area contributed by atoms with Gasteiger partial charge < -0.3 is 9.84 Å². The number of benzene rings is 2. The third kappa shape index (κ3) is 3.34. The standard InChI is InChI=1S/C22H17N5O2/c1-14-3-2-4-15(9-14)13-27-20-6-5-17(10-16(20)11-24-27)29-22-25-19-12-23-8-7-18(19)21(28)26-22/h2-12H,13H2,1H3,(H,25,26,28). The van der Waals surface area contributed by atoms with E-state index in [0.717, 1.165) is 10.9 Å². The van der Waals surface area contributed by atoms with E-state index in [1.165, 1.54) is 11.1 Å². The van der Waals surface area contributed by atoms with Gasteiger partial charge in [-0.2, -0.15) is 15.1 Å². The van der Waals surface area contributed by atoms with E-state index in [4.69, 9.17) is 4.74 Å². The molecule has 0 saturated carbocycles. The van der Waals surface area contributed by atoms with Gasteiger partial charge in [0.25, 0.3) is 0 Å². The number of aromatic nitrogens is 5. The molecular formula is C22H17N5O2. The van der Waals surface area contributed by atoms with Crippen molar-refractivity contribution in [1.82, 2.24) is 24.7 Å². The molecule has 0 aliphatic carbocycles. The van der Waals surface area contributed by atoms with Gasteiger partial charge in [0.2, 0.25) is 5.88 Å². The number of ether oxygens (including phenoxy) is 1. The molecule has 3 heterocycles. The molecule has 0 amide bonds. The SMILES string of the molecule is Cc1cccc(Cn2ncc3cc(Oc4nc(O)c5ccncc5n4)ccc32)c1. The number of hydrogen-bond acceptors (Lipinski definition) is 6. The predicted molar refractivity (Wildman–Crippen MR) is 109 cm³/mol. The molecule has 3 aromatic heterocycles. The van der Waals surface area contributed by atoms with Gasteiger partial charge >= 0.3 is 6.01 Å². The van der Waals surface area contributed by atoms with Crippen molar-refractivity contribution >= 4 is 21.8 Å². The first-order chi connectivity index (χ1) is 14.2. The summed E-state index contributed by atoms with van der Waals surface area (Å²) in [6.45, 7) is 2.77. The van der Waals surface area contributed by atoms with E-state index in [1.54, 1.807) is 24.7 Å². The lowest BCUT2D eigenvalue weighted by atomic mass is 10.1. The molecule has 2 aromatic carbocycles. The zero-order valence-electron chi connectivity index (χ0n) is 15.6. The third-order valence-electron chi connectivity index (χ3n) is 4.70. The summed E-state index contributed by atoms with van der Waals surface area (Å²) in [6, 6.07) is 15.8. The summed E-state index contributed by atoms with van der Waals surface area (Å²) in [7, 11) is 0. The van der Waals surface area contributed by atoms with E-state index in [-0.39, 0.29) is 11.9 Å². The molecule has 7 nitrogen and oxygen atoms in total. The minimum absolute atomic E-state index is 0.0644. The van der Waals surface area contributed by atoms with Crippen molar-refractivity contribution in [2.75, 3.05) is 0 Å². The van der Waals surface area contributed by atoms with Crippen LogP contribution in [-0.4, -0.2) is 29.8 Å². The molecule has 0 atom stereocenters. The molecule has 142 valence electrons.